The summed E-state index contributed by atoms with van der Waals surface area (Å²) in [7, 11) is 0. The predicted octanol–water partition coefficient (Wildman–Crippen LogP) is 16.1. The Bertz CT molecular complexity index is 3690. The van der Waals surface area contributed by atoms with Gasteiger partial charge in [-0.3, -0.25) is 13.7 Å². The molecule has 0 radical (unpaired) electrons. The normalized spacial score (nSPS) is 12.2. The summed E-state index contributed by atoms with van der Waals surface area (Å²) in [5, 5.41) is 2.31. The van der Waals surface area contributed by atoms with Gasteiger partial charge in [0.15, 0.2) is 0 Å². The molecule has 11 aromatic rings. The van der Waals surface area contributed by atoms with E-state index < -0.39 is 5.41 Å². The topological polar surface area (TPSA) is 35.9 Å². The van der Waals surface area contributed by atoms with Gasteiger partial charge in [0.2, 0.25) is 0 Å². The number of imidazole rings is 1. The van der Waals surface area contributed by atoms with Crippen LogP contribution in [0.15, 0.2) is 225 Å². The van der Waals surface area contributed by atoms with Crippen molar-refractivity contribution in [2.24, 2.45) is 0 Å². The van der Waals surface area contributed by atoms with E-state index in [0.717, 1.165) is 67.3 Å². The highest BCUT2D eigenvalue weighted by atomic mass is 16.5. The monoisotopic (exact) mass is 922 g/mol. The minimum atomic E-state index is -0.424. The van der Waals surface area contributed by atoms with Crippen LogP contribution in [0.2, 0.25) is 0 Å². The lowest BCUT2D eigenvalue weighted by Crippen LogP contribution is -2.41. The van der Waals surface area contributed by atoms with Crippen LogP contribution < -0.4 is 9.30 Å². The van der Waals surface area contributed by atoms with E-state index in [2.05, 4.69) is 287 Å². The molecule has 3 heterocycles. The zero-order valence-corrected chi connectivity index (χ0v) is 41.6. The summed E-state index contributed by atoms with van der Waals surface area (Å²) >= 11 is 0. The molecule has 0 aliphatic carbocycles. The molecule has 0 aliphatic heterocycles. The molecule has 0 saturated heterocycles. The maximum Gasteiger partial charge on any atom is 0.269 e. The molecule has 348 valence electrons. The van der Waals surface area contributed by atoms with Crippen molar-refractivity contribution in [3.63, 3.8) is 0 Å². The summed E-state index contributed by atoms with van der Waals surface area (Å²) in [6.07, 6.45) is 8.08. The summed E-state index contributed by atoms with van der Waals surface area (Å²) < 4.78 is 13.7. The fourth-order valence-electron chi connectivity index (χ4n) is 10.0. The Morgan fingerprint density at radius 1 is 0.451 bits per heavy atom. The van der Waals surface area contributed by atoms with Gasteiger partial charge in [0.05, 0.1) is 28.1 Å². The summed E-state index contributed by atoms with van der Waals surface area (Å²) in [6.45, 7) is 16.0. The lowest BCUT2D eigenvalue weighted by atomic mass is 9.77. The number of hydrogen-bond acceptors (Lipinski definition) is 2. The highest BCUT2D eigenvalue weighted by Gasteiger charge is 2.31. The molecule has 0 saturated carbocycles. The Balaban J connectivity index is 1.09. The number of aromatic nitrogens is 4. The number of fused-ring (bicyclic) bond motifs is 3. The molecule has 71 heavy (non-hydrogen) atoms. The third-order valence-corrected chi connectivity index (χ3v) is 14.3. The highest BCUT2D eigenvalue weighted by molar-refractivity contribution is 6.09. The van der Waals surface area contributed by atoms with Crippen molar-refractivity contribution in [2.75, 3.05) is 0 Å². The van der Waals surface area contributed by atoms with Crippen LogP contribution in [0, 0.1) is 6.33 Å². The predicted molar refractivity (Wildman–Crippen MR) is 291 cm³/mol. The average molecular weight is 923 g/mol. The van der Waals surface area contributed by atoms with Crippen molar-refractivity contribution in [3.05, 3.63) is 259 Å². The summed E-state index contributed by atoms with van der Waals surface area (Å²) in [5.74, 6) is 2.32. The third-order valence-electron chi connectivity index (χ3n) is 14.3. The van der Waals surface area contributed by atoms with Gasteiger partial charge in [-0.1, -0.05) is 194 Å². The molecule has 0 atom stereocenters. The van der Waals surface area contributed by atoms with E-state index >= 15 is 0 Å². The standard InChI is InChI=1S/C66H58N4O/c1-64(2,3)52-34-35-67-63(41-52)70-60-31-21-20-30-58(60)59-33-32-56(43-61(59)70)71-57-39-49(47-24-14-9-15-25-47)37-54(42-57)68-44-62(66(6,7)51-28-18-11-19-29-51)69(45-68)55-38-48(46-22-12-8-13-23-46)36-53(40-55)65(4,5)50-26-16-10-17-27-50/h8-44H,1-7H3. The van der Waals surface area contributed by atoms with Gasteiger partial charge in [0.25, 0.3) is 6.33 Å². The molecule has 8 aromatic carbocycles. The van der Waals surface area contributed by atoms with E-state index in [1.807, 2.05) is 6.20 Å². The zero-order valence-electron chi connectivity index (χ0n) is 41.6. The number of nitrogens with zero attached hydrogens (tertiary/aromatic N) is 4. The quantitative estimate of drug-likeness (QED) is 0.0957. The molecule has 0 unspecified atom stereocenters. The second kappa shape index (κ2) is 17.9. The van der Waals surface area contributed by atoms with Gasteiger partial charge in [-0.2, -0.15) is 0 Å². The molecule has 5 nitrogen and oxygen atoms in total. The van der Waals surface area contributed by atoms with E-state index in [0.29, 0.717) is 5.75 Å². The van der Waals surface area contributed by atoms with Gasteiger partial charge >= 0.3 is 0 Å². The largest absolute Gasteiger partial charge is 0.458 e. The summed E-state index contributed by atoms with van der Waals surface area (Å²) in [5.41, 5.74) is 13.8. The molecule has 0 aliphatic rings. The van der Waals surface area contributed by atoms with Crippen LogP contribution in [0.4, 0.5) is 0 Å². The lowest BCUT2D eigenvalue weighted by Gasteiger charge is -2.29. The maximum atomic E-state index is 7.03. The Hall–Kier alpha value is -8.28. The number of para-hydroxylation sites is 1. The van der Waals surface area contributed by atoms with Crippen LogP contribution in [-0.2, 0) is 16.2 Å². The second-order valence-electron chi connectivity index (χ2n) is 20.8. The van der Waals surface area contributed by atoms with Crippen LogP contribution in [0.5, 0.6) is 11.5 Å². The number of benzene rings is 8. The molecule has 3 aromatic heterocycles. The lowest BCUT2D eigenvalue weighted by molar-refractivity contribution is -0.611. The average Bonchev–Trinajstić information content (AvgIpc) is 4.00. The van der Waals surface area contributed by atoms with E-state index in [-0.39, 0.29) is 10.8 Å². The first-order chi connectivity index (χ1) is 34.3. The van der Waals surface area contributed by atoms with Crippen molar-refractivity contribution in [1.82, 2.24) is 14.1 Å². The molecule has 0 fully saturated rings. The molecule has 0 amide bonds. The summed E-state index contributed by atoms with van der Waals surface area (Å²) in [6, 6.07) is 75.7. The van der Waals surface area contributed by atoms with Crippen LogP contribution >= 0.6 is 0 Å². The van der Waals surface area contributed by atoms with Crippen LogP contribution in [-0.4, -0.2) is 14.1 Å². The second-order valence-corrected chi connectivity index (χ2v) is 20.8. The van der Waals surface area contributed by atoms with Crippen molar-refractivity contribution < 1.29 is 9.30 Å². The van der Waals surface area contributed by atoms with Gasteiger partial charge < -0.3 is 4.74 Å². The first kappa shape index (κ1) is 45.2. The molecular weight excluding hydrogens is 865 g/mol. The fourth-order valence-corrected chi connectivity index (χ4v) is 10.0. The fraction of sp³-hybridized carbons (Fsp3) is 0.152. The molecule has 0 bridgehead atoms. The number of ether oxygens (including phenoxy) is 1. The van der Waals surface area contributed by atoms with E-state index in [4.69, 9.17) is 9.72 Å². The van der Waals surface area contributed by atoms with Crippen molar-refractivity contribution >= 4 is 21.8 Å². The smallest absolute Gasteiger partial charge is 0.269 e. The number of pyridine rings is 1. The third kappa shape index (κ3) is 8.63. The minimum Gasteiger partial charge on any atom is -0.458 e. The van der Waals surface area contributed by atoms with Crippen LogP contribution in [0.25, 0.3) is 61.3 Å². The van der Waals surface area contributed by atoms with Crippen molar-refractivity contribution in [3.8, 4) is 50.9 Å². The number of hydrogen-bond donors (Lipinski definition) is 0. The maximum absolute atomic E-state index is 7.03. The van der Waals surface area contributed by atoms with Gasteiger partial charge in [-0.25, -0.2) is 4.98 Å². The molecule has 0 spiro atoms. The van der Waals surface area contributed by atoms with Gasteiger partial charge in [-0.15, -0.1) is 0 Å². The summed E-state index contributed by atoms with van der Waals surface area (Å²) in [4.78, 5) is 4.93. The first-order valence-electron chi connectivity index (χ1n) is 24.6. The molecular formula is C66H58N4O. The minimum absolute atomic E-state index is 0.0326. The first-order valence-corrected chi connectivity index (χ1v) is 24.6. The zero-order chi connectivity index (χ0) is 48.9. The van der Waals surface area contributed by atoms with E-state index in [1.54, 1.807) is 0 Å². The highest BCUT2D eigenvalue weighted by Crippen LogP contribution is 2.40. The molecule has 11 rings (SSSR count). The Labute approximate surface area is 418 Å². The van der Waals surface area contributed by atoms with E-state index in [1.165, 1.54) is 27.6 Å². The van der Waals surface area contributed by atoms with Crippen molar-refractivity contribution in [1.29, 1.82) is 0 Å². The Kier molecular flexibility index (Phi) is 11.4. The van der Waals surface area contributed by atoms with E-state index in [9.17, 15) is 0 Å². The van der Waals surface area contributed by atoms with Crippen molar-refractivity contribution in [2.45, 2.75) is 64.7 Å². The van der Waals surface area contributed by atoms with Gasteiger partial charge in [0.1, 0.15) is 17.3 Å². The van der Waals surface area contributed by atoms with Crippen LogP contribution in [0.1, 0.15) is 76.4 Å². The van der Waals surface area contributed by atoms with Gasteiger partial charge in [-0.05, 0) is 111 Å². The number of rotatable bonds is 11. The van der Waals surface area contributed by atoms with Crippen LogP contribution in [0.3, 0.4) is 0 Å². The Morgan fingerprint density at radius 2 is 1.04 bits per heavy atom. The SMILES string of the molecule is CC(C)(C)c1ccnc(-n2c3ccccc3c3ccc(Oc4cc(-c5ccccc5)cc(-n5[c-][n+](-c6cc(-c7ccccc7)cc(C(C)(C)c7ccccc7)c6)c(C(C)(C)c6ccccc6)c5)c4)cc32)c1. The van der Waals surface area contributed by atoms with Gasteiger partial charge in [0, 0.05) is 40.1 Å². The molecule has 0 N–H and O–H groups in total. The Morgan fingerprint density at radius 3 is 1.70 bits per heavy atom. The molecule has 5 heteroatoms.